The van der Waals surface area contributed by atoms with Crippen LogP contribution in [0.15, 0.2) is 40.9 Å². The molecule has 2 aromatic rings. The SMILES string of the molecule is O=C(Nc1ccc(Cl)cc1Br)c1ccc2c(c1)CCC2. The summed E-state index contributed by atoms with van der Waals surface area (Å²) in [5, 5.41) is 3.53. The first-order chi connectivity index (χ1) is 9.63. The van der Waals surface area contributed by atoms with Crippen molar-refractivity contribution >= 4 is 39.1 Å². The van der Waals surface area contributed by atoms with Crippen molar-refractivity contribution in [2.45, 2.75) is 19.3 Å². The van der Waals surface area contributed by atoms with Gasteiger partial charge in [-0.05, 0) is 76.7 Å². The zero-order valence-corrected chi connectivity index (χ0v) is 13.1. The van der Waals surface area contributed by atoms with Crippen LogP contribution >= 0.6 is 27.5 Å². The highest BCUT2D eigenvalue weighted by molar-refractivity contribution is 9.10. The molecule has 0 heterocycles. The highest BCUT2D eigenvalue weighted by Crippen LogP contribution is 2.27. The number of aryl methyl sites for hydroxylation is 2. The predicted molar refractivity (Wildman–Crippen MR) is 85.6 cm³/mol. The Morgan fingerprint density at radius 2 is 1.90 bits per heavy atom. The van der Waals surface area contributed by atoms with Gasteiger partial charge in [0.15, 0.2) is 0 Å². The number of carbonyl (C=O) groups is 1. The van der Waals surface area contributed by atoms with Crippen LogP contribution in [-0.4, -0.2) is 5.91 Å². The van der Waals surface area contributed by atoms with E-state index >= 15 is 0 Å². The van der Waals surface area contributed by atoms with Gasteiger partial charge in [-0.1, -0.05) is 17.7 Å². The van der Waals surface area contributed by atoms with Crippen LogP contribution in [0.5, 0.6) is 0 Å². The molecule has 2 aromatic carbocycles. The minimum atomic E-state index is -0.0947. The number of hydrogen-bond acceptors (Lipinski definition) is 1. The predicted octanol–water partition coefficient (Wildman–Crippen LogP) is 4.84. The van der Waals surface area contributed by atoms with Crippen LogP contribution in [0.3, 0.4) is 0 Å². The number of fused-ring (bicyclic) bond motifs is 1. The number of halogens is 2. The molecule has 0 spiro atoms. The van der Waals surface area contributed by atoms with Crippen LogP contribution < -0.4 is 5.32 Å². The molecule has 2 nitrogen and oxygen atoms in total. The smallest absolute Gasteiger partial charge is 0.255 e. The Kier molecular flexibility index (Phi) is 3.81. The number of nitrogens with one attached hydrogen (secondary N) is 1. The molecule has 1 aliphatic carbocycles. The molecule has 4 heteroatoms. The van der Waals surface area contributed by atoms with Crippen LogP contribution in [0, 0.1) is 0 Å². The maximum Gasteiger partial charge on any atom is 0.255 e. The van der Waals surface area contributed by atoms with E-state index in [4.69, 9.17) is 11.6 Å². The van der Waals surface area contributed by atoms with Crippen LogP contribution in [0.2, 0.25) is 5.02 Å². The van der Waals surface area contributed by atoms with E-state index in [0.717, 1.165) is 23.0 Å². The first-order valence-corrected chi connectivity index (χ1v) is 7.69. The second kappa shape index (κ2) is 5.58. The summed E-state index contributed by atoms with van der Waals surface area (Å²) in [4.78, 5) is 12.3. The third-order valence-corrected chi connectivity index (χ3v) is 4.43. The number of hydrogen-bond donors (Lipinski definition) is 1. The summed E-state index contributed by atoms with van der Waals surface area (Å²) in [6.07, 6.45) is 3.38. The van der Waals surface area contributed by atoms with Crippen molar-refractivity contribution in [2.24, 2.45) is 0 Å². The molecule has 0 unspecified atom stereocenters. The van der Waals surface area contributed by atoms with Crippen molar-refractivity contribution in [3.63, 3.8) is 0 Å². The van der Waals surface area contributed by atoms with E-state index in [1.807, 2.05) is 12.1 Å². The maximum absolute atomic E-state index is 12.3. The minimum absolute atomic E-state index is 0.0947. The Labute approximate surface area is 131 Å². The van der Waals surface area contributed by atoms with Gasteiger partial charge in [-0.2, -0.15) is 0 Å². The normalized spacial score (nSPS) is 13.1. The third-order valence-electron chi connectivity index (χ3n) is 3.54. The lowest BCUT2D eigenvalue weighted by molar-refractivity contribution is 0.102. The van der Waals surface area contributed by atoms with Crippen molar-refractivity contribution in [1.29, 1.82) is 0 Å². The monoisotopic (exact) mass is 349 g/mol. The molecule has 0 saturated heterocycles. The van der Waals surface area contributed by atoms with E-state index in [9.17, 15) is 4.79 Å². The number of benzene rings is 2. The zero-order chi connectivity index (χ0) is 14.1. The van der Waals surface area contributed by atoms with E-state index in [1.54, 1.807) is 18.2 Å². The van der Waals surface area contributed by atoms with Gasteiger partial charge in [0.25, 0.3) is 5.91 Å². The van der Waals surface area contributed by atoms with Gasteiger partial charge in [0, 0.05) is 15.1 Å². The van der Waals surface area contributed by atoms with Gasteiger partial charge in [-0.15, -0.1) is 0 Å². The number of amides is 1. The average Bonchev–Trinajstić information content (AvgIpc) is 2.89. The molecule has 0 aliphatic heterocycles. The Bertz CT molecular complexity index is 684. The summed E-state index contributed by atoms with van der Waals surface area (Å²) in [5.74, 6) is -0.0947. The topological polar surface area (TPSA) is 29.1 Å². The van der Waals surface area contributed by atoms with E-state index in [1.165, 1.54) is 17.5 Å². The molecule has 0 bridgehead atoms. The second-order valence-corrected chi connectivity index (χ2v) is 6.21. The van der Waals surface area contributed by atoms with Gasteiger partial charge in [0.1, 0.15) is 0 Å². The molecule has 1 aliphatic rings. The molecule has 0 aromatic heterocycles. The van der Waals surface area contributed by atoms with Gasteiger partial charge in [0.2, 0.25) is 0 Å². The van der Waals surface area contributed by atoms with Crippen molar-refractivity contribution in [1.82, 2.24) is 0 Å². The molecule has 3 rings (SSSR count). The van der Waals surface area contributed by atoms with E-state index in [-0.39, 0.29) is 5.91 Å². The molecule has 0 fully saturated rings. The molecule has 102 valence electrons. The number of rotatable bonds is 2. The highest BCUT2D eigenvalue weighted by atomic mass is 79.9. The van der Waals surface area contributed by atoms with Crippen molar-refractivity contribution in [3.05, 3.63) is 62.6 Å². The number of carbonyl (C=O) groups excluding carboxylic acids is 1. The van der Waals surface area contributed by atoms with Crippen LogP contribution in [0.1, 0.15) is 27.9 Å². The largest absolute Gasteiger partial charge is 0.321 e. The van der Waals surface area contributed by atoms with Crippen molar-refractivity contribution in [2.75, 3.05) is 5.32 Å². The fourth-order valence-electron chi connectivity index (χ4n) is 2.50. The molecule has 0 radical (unpaired) electrons. The lowest BCUT2D eigenvalue weighted by Crippen LogP contribution is -2.12. The molecule has 0 saturated carbocycles. The Morgan fingerprint density at radius 1 is 1.10 bits per heavy atom. The van der Waals surface area contributed by atoms with E-state index < -0.39 is 0 Å². The summed E-state index contributed by atoms with van der Waals surface area (Å²) < 4.78 is 0.777. The lowest BCUT2D eigenvalue weighted by Gasteiger charge is -2.09. The standard InChI is InChI=1S/C16H13BrClNO/c17-14-9-13(18)6-7-15(14)19-16(20)12-5-4-10-2-1-3-11(10)8-12/h4-9H,1-3H2,(H,19,20). The minimum Gasteiger partial charge on any atom is -0.321 e. The van der Waals surface area contributed by atoms with Gasteiger partial charge in [-0.25, -0.2) is 0 Å². The lowest BCUT2D eigenvalue weighted by atomic mass is 10.1. The fourth-order valence-corrected chi connectivity index (χ4v) is 3.28. The summed E-state index contributed by atoms with van der Waals surface area (Å²) >= 11 is 9.29. The fraction of sp³-hybridized carbons (Fsp3) is 0.188. The van der Waals surface area contributed by atoms with Crippen LogP contribution in [-0.2, 0) is 12.8 Å². The van der Waals surface area contributed by atoms with E-state index in [0.29, 0.717) is 10.6 Å². The van der Waals surface area contributed by atoms with Crippen LogP contribution in [0.25, 0.3) is 0 Å². The summed E-state index contributed by atoms with van der Waals surface area (Å²) in [6, 6.07) is 11.3. The Morgan fingerprint density at radius 3 is 2.70 bits per heavy atom. The van der Waals surface area contributed by atoms with Gasteiger partial charge >= 0.3 is 0 Å². The van der Waals surface area contributed by atoms with Crippen molar-refractivity contribution in [3.8, 4) is 0 Å². The highest BCUT2D eigenvalue weighted by Gasteiger charge is 2.14. The first kappa shape index (κ1) is 13.7. The molecular formula is C16H13BrClNO. The third kappa shape index (κ3) is 2.74. The molecule has 1 N–H and O–H groups in total. The molecule has 20 heavy (non-hydrogen) atoms. The summed E-state index contributed by atoms with van der Waals surface area (Å²) in [5.41, 5.74) is 4.09. The Balaban J connectivity index is 1.82. The van der Waals surface area contributed by atoms with Gasteiger partial charge in [0.05, 0.1) is 5.69 Å². The molecular weight excluding hydrogens is 338 g/mol. The quantitative estimate of drug-likeness (QED) is 0.824. The second-order valence-electron chi connectivity index (χ2n) is 4.92. The first-order valence-electron chi connectivity index (χ1n) is 6.52. The Hall–Kier alpha value is -1.32. The van der Waals surface area contributed by atoms with E-state index in [2.05, 4.69) is 27.3 Å². The van der Waals surface area contributed by atoms with Gasteiger partial charge in [-0.3, -0.25) is 4.79 Å². The van der Waals surface area contributed by atoms with Crippen molar-refractivity contribution < 1.29 is 4.79 Å². The molecule has 1 amide bonds. The maximum atomic E-state index is 12.3. The summed E-state index contributed by atoms with van der Waals surface area (Å²) in [6.45, 7) is 0. The van der Waals surface area contributed by atoms with Gasteiger partial charge < -0.3 is 5.32 Å². The van der Waals surface area contributed by atoms with Crippen LogP contribution in [0.4, 0.5) is 5.69 Å². The average molecular weight is 351 g/mol. The summed E-state index contributed by atoms with van der Waals surface area (Å²) in [7, 11) is 0. The zero-order valence-electron chi connectivity index (χ0n) is 10.7. The number of anilines is 1. The molecule has 0 atom stereocenters.